The Morgan fingerprint density at radius 3 is 2.43 bits per heavy atom. The lowest BCUT2D eigenvalue weighted by Gasteiger charge is -2.22. The number of rotatable bonds is 4. The van der Waals surface area contributed by atoms with E-state index in [2.05, 4.69) is 15.9 Å². The predicted molar refractivity (Wildman–Crippen MR) is 80.2 cm³/mol. The number of carboxylic acid groups (broad SMARTS) is 1. The Balaban J connectivity index is 3.00. The average molecular weight is 396 g/mol. The van der Waals surface area contributed by atoms with E-state index >= 15 is 0 Å². The van der Waals surface area contributed by atoms with E-state index in [0.29, 0.717) is 6.07 Å². The van der Waals surface area contributed by atoms with Crippen molar-refractivity contribution in [3.05, 3.63) is 27.7 Å². The maximum atomic E-state index is 14.0. The summed E-state index contributed by atoms with van der Waals surface area (Å²) in [6.45, 7) is 4.75. The van der Waals surface area contributed by atoms with Crippen LogP contribution < -0.4 is 5.32 Å². The number of ether oxygens (including phenoxy) is 1. The zero-order valence-corrected chi connectivity index (χ0v) is 14.2. The van der Waals surface area contributed by atoms with Crippen LogP contribution in [-0.2, 0) is 16.0 Å². The first kappa shape index (κ1) is 19.1. The summed E-state index contributed by atoms with van der Waals surface area (Å²) in [5.74, 6) is -4.41. The van der Waals surface area contributed by atoms with Crippen LogP contribution in [0, 0.1) is 11.6 Å². The monoisotopic (exact) mass is 395 g/mol. The molecule has 0 aromatic heterocycles. The van der Waals surface area contributed by atoms with Crippen molar-refractivity contribution < 1.29 is 33.3 Å². The number of benzene rings is 1. The fourth-order valence-corrected chi connectivity index (χ4v) is 2.02. The molecule has 0 spiro atoms. The van der Waals surface area contributed by atoms with E-state index in [1.54, 1.807) is 20.8 Å². The number of carboxylic acids is 1. The van der Waals surface area contributed by atoms with Crippen molar-refractivity contribution in [1.82, 2.24) is 5.32 Å². The topological polar surface area (TPSA) is 95.9 Å². The number of aromatic hydroxyl groups is 1. The van der Waals surface area contributed by atoms with Crippen LogP contribution >= 0.6 is 15.9 Å². The first-order valence-corrected chi connectivity index (χ1v) is 7.29. The number of hydrogen-bond acceptors (Lipinski definition) is 4. The van der Waals surface area contributed by atoms with Crippen molar-refractivity contribution in [2.45, 2.75) is 38.8 Å². The van der Waals surface area contributed by atoms with Gasteiger partial charge < -0.3 is 20.3 Å². The second kappa shape index (κ2) is 7.12. The van der Waals surface area contributed by atoms with Gasteiger partial charge in [0, 0.05) is 18.1 Å². The fraction of sp³-hybridized carbons (Fsp3) is 0.429. The van der Waals surface area contributed by atoms with Gasteiger partial charge in [0.25, 0.3) is 0 Å². The van der Waals surface area contributed by atoms with Crippen LogP contribution in [0.5, 0.6) is 5.75 Å². The summed E-state index contributed by atoms with van der Waals surface area (Å²) in [5.41, 5.74) is -1.44. The van der Waals surface area contributed by atoms with E-state index in [-0.39, 0.29) is 0 Å². The number of halogens is 3. The molecule has 0 aliphatic carbocycles. The van der Waals surface area contributed by atoms with Gasteiger partial charge in [-0.15, -0.1) is 0 Å². The van der Waals surface area contributed by atoms with Crippen molar-refractivity contribution in [2.24, 2.45) is 0 Å². The standard InChI is InChI=1S/C14H16BrF2NO5/c1-14(2,3)23-13(22)18-8(12(20)21)4-6-7(16)5-9(19)10(15)11(6)17/h5,8,19H,4H2,1-3H3,(H,18,22)(H,20,21). The molecule has 0 aliphatic heterocycles. The third-order valence-corrected chi connectivity index (χ3v) is 3.39. The van der Waals surface area contributed by atoms with Crippen LogP contribution in [0.3, 0.4) is 0 Å². The highest BCUT2D eigenvalue weighted by Crippen LogP contribution is 2.31. The van der Waals surface area contributed by atoms with Gasteiger partial charge in [0.1, 0.15) is 29.0 Å². The lowest BCUT2D eigenvalue weighted by Crippen LogP contribution is -2.45. The molecule has 1 rings (SSSR count). The summed E-state index contributed by atoms with van der Waals surface area (Å²) < 4.78 is 32.3. The summed E-state index contributed by atoms with van der Waals surface area (Å²) >= 11 is 2.73. The van der Waals surface area contributed by atoms with Crippen LogP contribution in [0.2, 0.25) is 0 Å². The number of carbonyl (C=O) groups excluding carboxylic acids is 1. The van der Waals surface area contributed by atoms with E-state index in [4.69, 9.17) is 9.84 Å². The highest BCUT2D eigenvalue weighted by atomic mass is 79.9. The molecule has 3 N–H and O–H groups in total. The highest BCUT2D eigenvalue weighted by Gasteiger charge is 2.27. The van der Waals surface area contributed by atoms with Crippen molar-refractivity contribution in [3.8, 4) is 5.75 Å². The molecule has 1 aromatic carbocycles. The normalized spacial score (nSPS) is 12.6. The lowest BCUT2D eigenvalue weighted by molar-refractivity contribution is -0.139. The number of aliphatic carboxylic acids is 1. The molecule has 0 fully saturated rings. The van der Waals surface area contributed by atoms with Crippen molar-refractivity contribution in [1.29, 1.82) is 0 Å². The molecule has 1 amide bonds. The fourth-order valence-electron chi connectivity index (χ4n) is 1.66. The number of amides is 1. The first-order valence-electron chi connectivity index (χ1n) is 6.50. The number of hydrogen-bond donors (Lipinski definition) is 3. The second-order valence-corrected chi connectivity index (χ2v) is 6.52. The summed E-state index contributed by atoms with van der Waals surface area (Å²) in [5, 5.41) is 20.4. The quantitative estimate of drug-likeness (QED) is 0.681. The molecule has 23 heavy (non-hydrogen) atoms. The van der Waals surface area contributed by atoms with Crippen LogP contribution in [0.4, 0.5) is 13.6 Å². The van der Waals surface area contributed by atoms with E-state index in [0.717, 1.165) is 0 Å². The molecular weight excluding hydrogens is 380 g/mol. The number of carbonyl (C=O) groups is 2. The van der Waals surface area contributed by atoms with Gasteiger partial charge in [0.2, 0.25) is 0 Å². The molecule has 128 valence electrons. The van der Waals surface area contributed by atoms with Crippen molar-refractivity contribution in [3.63, 3.8) is 0 Å². The third kappa shape index (κ3) is 5.34. The minimum Gasteiger partial charge on any atom is -0.507 e. The summed E-state index contributed by atoms with van der Waals surface area (Å²) in [4.78, 5) is 22.8. The Morgan fingerprint density at radius 2 is 1.96 bits per heavy atom. The number of phenolic OH excluding ortho intramolecular Hbond substituents is 1. The second-order valence-electron chi connectivity index (χ2n) is 5.73. The Labute approximate surface area is 139 Å². The number of nitrogens with one attached hydrogen (secondary N) is 1. The zero-order valence-electron chi connectivity index (χ0n) is 12.6. The smallest absolute Gasteiger partial charge is 0.408 e. The predicted octanol–water partition coefficient (Wildman–Crippen LogP) is 2.95. The summed E-state index contributed by atoms with van der Waals surface area (Å²) in [6.07, 6.45) is -1.69. The maximum Gasteiger partial charge on any atom is 0.408 e. The molecule has 1 aromatic rings. The van der Waals surface area contributed by atoms with Crippen LogP contribution in [0.1, 0.15) is 26.3 Å². The van der Waals surface area contributed by atoms with Gasteiger partial charge in [-0.25, -0.2) is 18.4 Å². The Morgan fingerprint density at radius 1 is 1.39 bits per heavy atom. The van der Waals surface area contributed by atoms with E-state index in [1.165, 1.54) is 0 Å². The Kier molecular flexibility index (Phi) is 5.92. The van der Waals surface area contributed by atoms with Gasteiger partial charge in [0.05, 0.1) is 4.47 Å². The minimum absolute atomic E-state index is 0.393. The van der Waals surface area contributed by atoms with Gasteiger partial charge in [-0.2, -0.15) is 0 Å². The van der Waals surface area contributed by atoms with Gasteiger partial charge in [-0.3, -0.25) is 0 Å². The van der Waals surface area contributed by atoms with Gasteiger partial charge in [-0.05, 0) is 36.7 Å². The number of phenols is 1. The molecular formula is C14H16BrF2NO5. The summed E-state index contributed by atoms with van der Waals surface area (Å²) in [6, 6.07) is -0.959. The highest BCUT2D eigenvalue weighted by molar-refractivity contribution is 9.10. The average Bonchev–Trinajstić information content (AvgIpc) is 2.37. The van der Waals surface area contributed by atoms with Crippen LogP contribution in [0.25, 0.3) is 0 Å². The molecule has 6 nitrogen and oxygen atoms in total. The largest absolute Gasteiger partial charge is 0.507 e. The Bertz CT molecular complexity index is 631. The molecule has 0 saturated heterocycles. The molecule has 1 unspecified atom stereocenters. The van der Waals surface area contributed by atoms with Gasteiger partial charge in [-0.1, -0.05) is 0 Å². The lowest BCUT2D eigenvalue weighted by atomic mass is 10.0. The molecule has 1 atom stereocenters. The summed E-state index contributed by atoms with van der Waals surface area (Å²) in [7, 11) is 0. The SMILES string of the molecule is CC(C)(C)OC(=O)NC(Cc1c(F)cc(O)c(Br)c1F)C(=O)O. The Hall–Kier alpha value is -1.90. The first-order chi connectivity index (χ1) is 10.4. The van der Waals surface area contributed by atoms with E-state index in [1.807, 2.05) is 5.32 Å². The van der Waals surface area contributed by atoms with E-state index < -0.39 is 57.5 Å². The minimum atomic E-state index is -1.61. The van der Waals surface area contributed by atoms with Crippen molar-refractivity contribution in [2.75, 3.05) is 0 Å². The molecule has 0 aliphatic rings. The molecule has 0 saturated carbocycles. The third-order valence-electron chi connectivity index (χ3n) is 2.63. The molecule has 0 heterocycles. The van der Waals surface area contributed by atoms with Crippen LogP contribution in [0.15, 0.2) is 10.5 Å². The van der Waals surface area contributed by atoms with Gasteiger partial charge >= 0.3 is 12.1 Å². The molecule has 9 heteroatoms. The van der Waals surface area contributed by atoms with Crippen molar-refractivity contribution >= 4 is 28.0 Å². The molecule has 0 radical (unpaired) electrons. The van der Waals surface area contributed by atoms with Gasteiger partial charge in [0.15, 0.2) is 0 Å². The van der Waals surface area contributed by atoms with E-state index in [9.17, 15) is 23.5 Å². The van der Waals surface area contributed by atoms with Crippen LogP contribution in [-0.4, -0.2) is 33.9 Å². The number of alkyl carbamates (subject to hydrolysis) is 1. The zero-order chi connectivity index (χ0) is 17.9. The molecule has 0 bridgehead atoms. The maximum absolute atomic E-state index is 14.0.